The average molecular weight is 395 g/mol. The first-order valence-corrected chi connectivity index (χ1v) is 9.02. The van der Waals surface area contributed by atoms with Gasteiger partial charge >= 0.3 is 0 Å². The Morgan fingerprint density at radius 3 is 2.48 bits per heavy atom. The molecule has 0 saturated carbocycles. The normalized spacial score (nSPS) is 15.4. The number of imidazole rings is 1. The molecule has 0 unspecified atom stereocenters. The number of fused-ring (bicyclic) bond motifs is 1. The van der Waals surface area contributed by atoms with Crippen molar-refractivity contribution < 1.29 is 24.1 Å². The Morgan fingerprint density at radius 1 is 1.10 bits per heavy atom. The lowest BCUT2D eigenvalue weighted by atomic mass is 9.89. The molecule has 1 aliphatic rings. The lowest BCUT2D eigenvalue weighted by molar-refractivity contribution is -0.116. The molecule has 0 spiro atoms. The zero-order chi connectivity index (χ0) is 20.5. The van der Waals surface area contributed by atoms with Gasteiger partial charge in [0.1, 0.15) is 12.1 Å². The highest BCUT2D eigenvalue weighted by Gasteiger charge is 2.32. The van der Waals surface area contributed by atoms with E-state index < -0.39 is 0 Å². The van der Waals surface area contributed by atoms with E-state index in [1.807, 2.05) is 28.8 Å². The van der Waals surface area contributed by atoms with Crippen LogP contribution in [0.15, 0.2) is 42.7 Å². The predicted molar refractivity (Wildman–Crippen MR) is 106 cm³/mol. The summed E-state index contributed by atoms with van der Waals surface area (Å²) >= 11 is 0. The second kappa shape index (κ2) is 7.38. The van der Waals surface area contributed by atoms with Crippen LogP contribution < -0.4 is 19.5 Å². The fraction of sp³-hybridized carbons (Fsp3) is 0.238. The van der Waals surface area contributed by atoms with Crippen LogP contribution in [0.1, 0.15) is 23.6 Å². The van der Waals surface area contributed by atoms with Crippen molar-refractivity contribution >= 4 is 11.7 Å². The Bertz CT molecular complexity index is 1050. The summed E-state index contributed by atoms with van der Waals surface area (Å²) in [5.41, 5.74) is 2.46. The van der Waals surface area contributed by atoms with Crippen LogP contribution in [-0.4, -0.2) is 41.9 Å². The van der Waals surface area contributed by atoms with E-state index in [9.17, 15) is 9.90 Å². The Hall–Kier alpha value is -3.68. The van der Waals surface area contributed by atoms with E-state index in [0.717, 1.165) is 16.9 Å². The molecular formula is C21H21N3O5. The van der Waals surface area contributed by atoms with Crippen LogP contribution in [0.3, 0.4) is 0 Å². The second-order valence-electron chi connectivity index (χ2n) is 6.63. The first-order valence-electron chi connectivity index (χ1n) is 9.02. The van der Waals surface area contributed by atoms with Crippen LogP contribution in [-0.2, 0) is 4.79 Å². The van der Waals surface area contributed by atoms with Gasteiger partial charge in [-0.05, 0) is 29.8 Å². The molecule has 1 aliphatic heterocycles. The lowest BCUT2D eigenvalue weighted by Gasteiger charge is -2.25. The van der Waals surface area contributed by atoms with Gasteiger partial charge in [0.25, 0.3) is 0 Å². The molecule has 29 heavy (non-hydrogen) atoms. The van der Waals surface area contributed by atoms with Gasteiger partial charge in [0, 0.05) is 18.4 Å². The van der Waals surface area contributed by atoms with Crippen molar-refractivity contribution in [2.24, 2.45) is 0 Å². The third kappa shape index (κ3) is 3.22. The van der Waals surface area contributed by atoms with Crippen molar-refractivity contribution in [1.29, 1.82) is 0 Å². The van der Waals surface area contributed by atoms with Gasteiger partial charge in [-0.25, -0.2) is 4.98 Å². The number of anilines is 1. The maximum atomic E-state index is 12.3. The molecule has 3 aromatic rings. The number of hydrogen-bond acceptors (Lipinski definition) is 6. The SMILES string of the molecule is COc1cccc(-n2cnc3c2[C@@H](c2cc(OC)c(O)c(OC)c2)CC(=O)N3)c1. The van der Waals surface area contributed by atoms with Crippen molar-refractivity contribution in [3.8, 4) is 28.7 Å². The number of rotatable bonds is 5. The Morgan fingerprint density at radius 2 is 1.83 bits per heavy atom. The predicted octanol–water partition coefficient (Wildman–Crippen LogP) is 3.08. The molecule has 1 amide bonds. The first kappa shape index (κ1) is 18.7. The number of carbonyl (C=O) groups is 1. The molecular weight excluding hydrogens is 374 g/mol. The molecule has 1 atom stereocenters. The van der Waals surface area contributed by atoms with Gasteiger partial charge in [-0.1, -0.05) is 6.07 Å². The number of nitrogens with one attached hydrogen (secondary N) is 1. The summed E-state index contributed by atoms with van der Waals surface area (Å²) in [5, 5.41) is 13.1. The zero-order valence-corrected chi connectivity index (χ0v) is 16.3. The summed E-state index contributed by atoms with van der Waals surface area (Å²) in [6, 6.07) is 11.0. The van der Waals surface area contributed by atoms with Gasteiger partial charge in [-0.15, -0.1) is 0 Å². The molecule has 0 aliphatic carbocycles. The summed E-state index contributed by atoms with van der Waals surface area (Å²) in [6.45, 7) is 0. The minimum atomic E-state index is -0.309. The molecule has 0 radical (unpaired) electrons. The quantitative estimate of drug-likeness (QED) is 0.689. The van der Waals surface area contributed by atoms with Crippen molar-refractivity contribution in [3.63, 3.8) is 0 Å². The van der Waals surface area contributed by atoms with Gasteiger partial charge in [-0.2, -0.15) is 0 Å². The molecule has 2 N–H and O–H groups in total. The number of benzene rings is 2. The molecule has 4 rings (SSSR count). The van der Waals surface area contributed by atoms with Gasteiger partial charge < -0.3 is 29.2 Å². The number of phenolic OH excluding ortho intramolecular Hbond substituents is 1. The average Bonchev–Trinajstić information content (AvgIpc) is 3.17. The van der Waals surface area contributed by atoms with Crippen LogP contribution in [0.5, 0.6) is 23.0 Å². The van der Waals surface area contributed by atoms with E-state index in [1.54, 1.807) is 25.6 Å². The highest BCUT2D eigenvalue weighted by atomic mass is 16.5. The van der Waals surface area contributed by atoms with E-state index >= 15 is 0 Å². The lowest BCUT2D eigenvalue weighted by Crippen LogP contribution is -2.25. The molecule has 150 valence electrons. The summed E-state index contributed by atoms with van der Waals surface area (Å²) in [6.07, 6.45) is 1.90. The van der Waals surface area contributed by atoms with Crippen LogP contribution in [0.2, 0.25) is 0 Å². The number of phenols is 1. The summed E-state index contributed by atoms with van der Waals surface area (Å²) in [5.74, 6) is 1.24. The number of amides is 1. The van der Waals surface area contributed by atoms with E-state index in [1.165, 1.54) is 14.2 Å². The van der Waals surface area contributed by atoms with E-state index in [2.05, 4.69) is 10.3 Å². The Labute approximate surface area is 167 Å². The van der Waals surface area contributed by atoms with Crippen molar-refractivity contribution in [1.82, 2.24) is 9.55 Å². The fourth-order valence-electron chi connectivity index (χ4n) is 3.61. The summed E-state index contributed by atoms with van der Waals surface area (Å²) in [4.78, 5) is 16.7. The maximum Gasteiger partial charge on any atom is 0.226 e. The third-order valence-electron chi connectivity index (χ3n) is 5.02. The van der Waals surface area contributed by atoms with E-state index in [4.69, 9.17) is 14.2 Å². The number of ether oxygens (including phenoxy) is 3. The Balaban J connectivity index is 1.88. The minimum Gasteiger partial charge on any atom is -0.502 e. The highest BCUT2D eigenvalue weighted by Crippen LogP contribution is 2.44. The van der Waals surface area contributed by atoms with Crippen molar-refractivity contribution in [2.75, 3.05) is 26.6 Å². The second-order valence-corrected chi connectivity index (χ2v) is 6.63. The number of hydrogen-bond donors (Lipinski definition) is 2. The monoisotopic (exact) mass is 395 g/mol. The van der Waals surface area contributed by atoms with Crippen LogP contribution in [0, 0.1) is 0 Å². The van der Waals surface area contributed by atoms with Crippen molar-refractivity contribution in [2.45, 2.75) is 12.3 Å². The van der Waals surface area contributed by atoms with E-state index in [-0.39, 0.29) is 35.5 Å². The molecule has 1 aromatic heterocycles. The molecule has 0 bridgehead atoms. The molecule has 8 heteroatoms. The third-order valence-corrected chi connectivity index (χ3v) is 5.02. The zero-order valence-electron chi connectivity index (χ0n) is 16.3. The number of nitrogens with zero attached hydrogens (tertiary/aromatic N) is 2. The van der Waals surface area contributed by atoms with Gasteiger partial charge in [0.05, 0.1) is 32.7 Å². The van der Waals surface area contributed by atoms with Crippen LogP contribution >= 0.6 is 0 Å². The standard InChI is InChI=1S/C21H21N3O5/c1-27-14-6-4-5-13(9-14)24-11-22-21-19(24)15(10-18(25)23-21)12-7-16(28-2)20(26)17(8-12)29-3/h4-9,11,15,26H,10H2,1-3H3,(H,23,25)/t15-/m1/s1. The number of methoxy groups -OCH3 is 3. The van der Waals surface area contributed by atoms with Gasteiger partial charge in [-0.3, -0.25) is 4.79 Å². The molecule has 8 nitrogen and oxygen atoms in total. The molecule has 2 aromatic carbocycles. The van der Waals surface area contributed by atoms with Gasteiger partial charge in [0.2, 0.25) is 11.7 Å². The minimum absolute atomic E-state index is 0.0828. The molecule has 0 saturated heterocycles. The largest absolute Gasteiger partial charge is 0.502 e. The number of aromatic nitrogens is 2. The highest BCUT2D eigenvalue weighted by molar-refractivity contribution is 5.94. The number of aromatic hydroxyl groups is 1. The first-order chi connectivity index (χ1) is 14.0. The van der Waals surface area contributed by atoms with Crippen molar-refractivity contribution in [3.05, 3.63) is 54.0 Å². The topological polar surface area (TPSA) is 94.8 Å². The molecule has 2 heterocycles. The molecule has 0 fully saturated rings. The smallest absolute Gasteiger partial charge is 0.226 e. The van der Waals surface area contributed by atoms with E-state index in [0.29, 0.717) is 11.6 Å². The summed E-state index contributed by atoms with van der Waals surface area (Å²) in [7, 11) is 4.55. The van der Waals surface area contributed by atoms with Gasteiger partial charge in [0.15, 0.2) is 17.3 Å². The summed E-state index contributed by atoms with van der Waals surface area (Å²) < 4.78 is 17.8. The van der Waals surface area contributed by atoms with Crippen LogP contribution in [0.25, 0.3) is 5.69 Å². The van der Waals surface area contributed by atoms with Crippen LogP contribution in [0.4, 0.5) is 5.82 Å². The fourth-order valence-corrected chi connectivity index (χ4v) is 3.61. The Kier molecular flexibility index (Phi) is 4.75. The number of carbonyl (C=O) groups excluding carboxylic acids is 1. The maximum absolute atomic E-state index is 12.3.